The predicted octanol–water partition coefficient (Wildman–Crippen LogP) is 0.856. The molecule has 0 spiro atoms. The number of carbonyl (C=O) groups excluding carboxylic acids is 1. The average Bonchev–Trinajstić information content (AvgIpc) is 2.56. The van der Waals surface area contributed by atoms with Crippen LogP contribution in [0.15, 0.2) is 21.8 Å². The summed E-state index contributed by atoms with van der Waals surface area (Å²) in [4.78, 5) is 21.6. The van der Waals surface area contributed by atoms with Crippen molar-refractivity contribution in [1.82, 2.24) is 10.2 Å². The summed E-state index contributed by atoms with van der Waals surface area (Å²) in [5.74, 6) is 1.14. The maximum atomic E-state index is 12.1. The van der Waals surface area contributed by atoms with Crippen LogP contribution in [0.5, 0.6) is 0 Å². The molecule has 0 aromatic rings. The van der Waals surface area contributed by atoms with Crippen molar-refractivity contribution in [3.8, 4) is 0 Å². The van der Waals surface area contributed by atoms with Crippen LogP contribution in [0.1, 0.15) is 19.3 Å². The Kier molecular flexibility index (Phi) is 5.52. The minimum Gasteiger partial charge on any atom is -0.349 e. The number of hydrogen-bond donors (Lipinski definition) is 1. The number of hydrogen-bond acceptors (Lipinski definition) is 4. The van der Waals surface area contributed by atoms with Crippen LogP contribution in [0.2, 0.25) is 0 Å². The number of halogens is 1. The Bertz CT molecular complexity index is 542. The molecule has 2 aliphatic heterocycles. The third-order valence-electron chi connectivity index (χ3n) is 3.26. The smallest absolute Gasteiger partial charge is 0.222 e. The molecule has 1 N–H and O–H groups in total. The average molecular weight is 331 g/mol. The summed E-state index contributed by atoms with van der Waals surface area (Å²) in [7, 11) is 2.44. The van der Waals surface area contributed by atoms with Crippen LogP contribution in [-0.4, -0.2) is 57.8 Å². The molecule has 0 saturated carbocycles. The summed E-state index contributed by atoms with van der Waals surface area (Å²) < 4.78 is 12.1. The van der Waals surface area contributed by atoms with Crippen LogP contribution < -0.4 is 5.32 Å². The number of nitrogens with one attached hydrogen (secondary N) is 1. The quantitative estimate of drug-likeness (QED) is 0.613. The van der Waals surface area contributed by atoms with Gasteiger partial charge in [0.05, 0.1) is 0 Å². The van der Waals surface area contributed by atoms with Gasteiger partial charge in [-0.2, -0.15) is 0 Å². The Labute approximate surface area is 131 Å². The fraction of sp³-hybridized carbons (Fsp3) is 0.615. The van der Waals surface area contributed by atoms with Gasteiger partial charge in [-0.15, -0.1) is 0 Å². The molecule has 2 unspecified atom stereocenters. The standard InChI is InChI=1S/C13H19ClN4O2S/c1-18(2)11(19)4-3-6-15-12-10-8-9(5-7-21(10)20)16-13(14)17-12/h8,10H,3-7H2,1-2H3,(H,15,16,17). The first kappa shape index (κ1) is 16.2. The fourth-order valence-corrected chi connectivity index (χ4v) is 3.63. The van der Waals surface area contributed by atoms with Crippen molar-refractivity contribution in [3.63, 3.8) is 0 Å². The van der Waals surface area contributed by atoms with E-state index in [1.54, 1.807) is 19.0 Å². The Morgan fingerprint density at radius 3 is 3.10 bits per heavy atom. The molecule has 8 heteroatoms. The molecule has 0 aromatic heterocycles. The number of aliphatic imine (C=N–C) groups is 2. The number of carbonyl (C=O) groups is 1. The van der Waals surface area contributed by atoms with Gasteiger partial charge in [0.2, 0.25) is 11.2 Å². The van der Waals surface area contributed by atoms with E-state index in [0.29, 0.717) is 37.4 Å². The molecular weight excluding hydrogens is 312 g/mol. The van der Waals surface area contributed by atoms with Crippen molar-refractivity contribution >= 4 is 39.4 Å². The van der Waals surface area contributed by atoms with Gasteiger partial charge in [0, 0.05) is 49.3 Å². The van der Waals surface area contributed by atoms with E-state index < -0.39 is 10.8 Å². The van der Waals surface area contributed by atoms with Gasteiger partial charge in [0.1, 0.15) is 11.1 Å². The lowest BCUT2D eigenvalue weighted by Gasteiger charge is -2.17. The van der Waals surface area contributed by atoms with E-state index in [-0.39, 0.29) is 16.5 Å². The number of amides is 1. The molecule has 2 bridgehead atoms. The molecule has 2 heterocycles. The molecule has 0 fully saturated rings. The number of rotatable bonds is 4. The third kappa shape index (κ3) is 4.38. The lowest BCUT2D eigenvalue weighted by molar-refractivity contribution is -0.128. The van der Waals surface area contributed by atoms with Crippen LogP contribution in [-0.2, 0) is 15.6 Å². The first-order valence-electron chi connectivity index (χ1n) is 6.81. The maximum Gasteiger partial charge on any atom is 0.222 e. The second kappa shape index (κ2) is 7.17. The van der Waals surface area contributed by atoms with Crippen LogP contribution in [0.4, 0.5) is 0 Å². The number of allylic oxidation sites excluding steroid dienone is 1. The minimum atomic E-state index is -1.01. The monoisotopic (exact) mass is 330 g/mol. The van der Waals surface area contributed by atoms with E-state index >= 15 is 0 Å². The van der Waals surface area contributed by atoms with E-state index in [1.165, 1.54) is 0 Å². The molecule has 0 aliphatic carbocycles. The van der Waals surface area contributed by atoms with E-state index in [0.717, 1.165) is 5.70 Å². The highest BCUT2D eigenvalue weighted by Crippen LogP contribution is 2.19. The van der Waals surface area contributed by atoms with E-state index in [2.05, 4.69) is 15.3 Å². The highest BCUT2D eigenvalue weighted by molar-refractivity contribution is 7.86. The Morgan fingerprint density at radius 1 is 1.62 bits per heavy atom. The van der Waals surface area contributed by atoms with E-state index in [9.17, 15) is 9.00 Å². The molecule has 0 radical (unpaired) electrons. The van der Waals surface area contributed by atoms with Crippen LogP contribution in [0.3, 0.4) is 0 Å². The minimum absolute atomic E-state index is 0.0719. The fourth-order valence-electron chi connectivity index (χ4n) is 2.07. The second-order valence-corrected chi connectivity index (χ2v) is 7.14. The number of fused-ring (bicyclic) bond motifs is 1. The Hall–Kier alpha value is -1.21. The van der Waals surface area contributed by atoms with Gasteiger partial charge in [0.15, 0.2) is 0 Å². The molecule has 2 atom stereocenters. The molecule has 1 amide bonds. The van der Waals surface area contributed by atoms with Crippen LogP contribution in [0, 0.1) is 0 Å². The summed E-state index contributed by atoms with van der Waals surface area (Å²) in [6, 6.07) is 0. The van der Waals surface area contributed by atoms with Crippen LogP contribution in [0.25, 0.3) is 0 Å². The molecule has 0 aromatic carbocycles. The SMILES string of the molecule is CN(C)C(=O)CCCN=C1N=C(Cl)NC2=CC1S(=O)CC2. The second-order valence-electron chi connectivity index (χ2n) is 5.11. The lowest BCUT2D eigenvalue weighted by atomic mass is 10.2. The molecule has 116 valence electrons. The molecule has 2 rings (SSSR count). The first-order valence-corrected chi connectivity index (χ1v) is 8.57. The van der Waals surface area contributed by atoms with Gasteiger partial charge >= 0.3 is 0 Å². The van der Waals surface area contributed by atoms with Gasteiger partial charge in [-0.05, 0) is 30.5 Å². The topological polar surface area (TPSA) is 74.1 Å². The zero-order valence-corrected chi connectivity index (χ0v) is 13.7. The molecule has 6 nitrogen and oxygen atoms in total. The van der Waals surface area contributed by atoms with Crippen molar-refractivity contribution in [2.75, 3.05) is 26.4 Å². The number of nitrogens with zero attached hydrogens (tertiary/aromatic N) is 3. The largest absolute Gasteiger partial charge is 0.349 e. The van der Waals surface area contributed by atoms with Crippen molar-refractivity contribution in [3.05, 3.63) is 11.8 Å². The summed E-state index contributed by atoms with van der Waals surface area (Å²) in [6.45, 7) is 0.472. The Morgan fingerprint density at radius 2 is 2.38 bits per heavy atom. The van der Waals surface area contributed by atoms with Gasteiger partial charge < -0.3 is 10.2 Å². The van der Waals surface area contributed by atoms with Gasteiger partial charge in [-0.1, -0.05) is 0 Å². The molecule has 2 aliphatic rings. The zero-order chi connectivity index (χ0) is 15.4. The molecular formula is C13H19ClN4O2S. The van der Waals surface area contributed by atoms with Gasteiger partial charge in [-0.25, -0.2) is 4.99 Å². The van der Waals surface area contributed by atoms with Gasteiger partial charge in [0.25, 0.3) is 0 Å². The first-order chi connectivity index (χ1) is 9.97. The van der Waals surface area contributed by atoms with E-state index in [1.807, 2.05) is 6.08 Å². The lowest BCUT2D eigenvalue weighted by Crippen LogP contribution is -2.28. The zero-order valence-electron chi connectivity index (χ0n) is 12.1. The van der Waals surface area contributed by atoms with E-state index in [4.69, 9.17) is 11.6 Å². The van der Waals surface area contributed by atoms with Crippen LogP contribution >= 0.6 is 11.6 Å². The Balaban J connectivity index is 2.02. The third-order valence-corrected chi connectivity index (χ3v) is 4.96. The van der Waals surface area contributed by atoms with Crippen molar-refractivity contribution in [1.29, 1.82) is 0 Å². The van der Waals surface area contributed by atoms with Gasteiger partial charge in [-0.3, -0.25) is 14.0 Å². The highest BCUT2D eigenvalue weighted by Gasteiger charge is 2.28. The maximum absolute atomic E-state index is 12.1. The predicted molar refractivity (Wildman–Crippen MR) is 86.2 cm³/mol. The molecule has 0 saturated heterocycles. The summed E-state index contributed by atoms with van der Waals surface area (Å²) >= 11 is 5.99. The van der Waals surface area contributed by atoms with Crippen molar-refractivity contribution in [2.45, 2.75) is 24.5 Å². The van der Waals surface area contributed by atoms with Crippen molar-refractivity contribution in [2.24, 2.45) is 9.98 Å². The van der Waals surface area contributed by atoms with Crippen molar-refractivity contribution < 1.29 is 9.00 Å². The summed E-state index contributed by atoms with van der Waals surface area (Å²) in [5, 5.41) is 2.94. The molecule has 21 heavy (non-hydrogen) atoms. The summed E-state index contributed by atoms with van der Waals surface area (Å²) in [6.07, 6.45) is 3.67. The highest BCUT2D eigenvalue weighted by atomic mass is 35.5. The summed E-state index contributed by atoms with van der Waals surface area (Å²) in [5.41, 5.74) is 0.946. The number of amidine groups is 2. The normalized spacial score (nSPS) is 26.5.